The van der Waals surface area contributed by atoms with Crippen LogP contribution in [0.25, 0.3) is 22.6 Å². The van der Waals surface area contributed by atoms with Crippen molar-refractivity contribution >= 4 is 0 Å². The molecule has 4 aromatic rings. The number of aromatic amines is 1. The normalized spacial score (nSPS) is 12.1. The molecule has 0 radical (unpaired) electrons. The van der Waals surface area contributed by atoms with Crippen LogP contribution in [0, 0.1) is 0 Å². The van der Waals surface area contributed by atoms with Gasteiger partial charge in [0.15, 0.2) is 0 Å². The van der Waals surface area contributed by atoms with E-state index in [0.717, 1.165) is 16.8 Å². The van der Waals surface area contributed by atoms with Gasteiger partial charge in [-0.2, -0.15) is 10.1 Å². The first kappa shape index (κ1) is 17.8. The smallest absolute Gasteiger partial charge is 0.228 e. The van der Waals surface area contributed by atoms with Crippen LogP contribution in [-0.2, 0) is 6.42 Å². The van der Waals surface area contributed by atoms with Crippen molar-refractivity contribution < 1.29 is 14.4 Å². The van der Waals surface area contributed by atoms with Crippen LogP contribution in [-0.4, -0.2) is 43.1 Å². The number of hydrogen-bond donors (Lipinski definition) is 3. The summed E-state index contributed by atoms with van der Waals surface area (Å²) in [4.78, 5) is 8.59. The second kappa shape index (κ2) is 7.99. The zero-order chi connectivity index (χ0) is 19.3. The maximum Gasteiger partial charge on any atom is 0.228 e. The van der Waals surface area contributed by atoms with Gasteiger partial charge in [0.1, 0.15) is 5.75 Å². The summed E-state index contributed by atoms with van der Waals surface area (Å²) in [6.07, 6.45) is 3.73. The SMILES string of the molecule is NC(CO)Cc1nc(-c2ccc(Oc3ccc(-c4ccn[nH]4)cn3)cc2)no1. The lowest BCUT2D eigenvalue weighted by atomic mass is 10.2. The summed E-state index contributed by atoms with van der Waals surface area (Å²) in [5, 5.41) is 19.7. The maximum absolute atomic E-state index is 9.00. The summed E-state index contributed by atoms with van der Waals surface area (Å²) < 4.78 is 10.9. The zero-order valence-electron chi connectivity index (χ0n) is 14.8. The van der Waals surface area contributed by atoms with E-state index in [0.29, 0.717) is 29.8 Å². The Morgan fingerprint density at radius 1 is 1.11 bits per heavy atom. The molecule has 28 heavy (non-hydrogen) atoms. The second-order valence-electron chi connectivity index (χ2n) is 6.14. The first-order valence-corrected chi connectivity index (χ1v) is 8.64. The highest BCUT2D eigenvalue weighted by molar-refractivity contribution is 5.58. The highest BCUT2D eigenvalue weighted by atomic mass is 16.5. The third-order valence-electron chi connectivity index (χ3n) is 4.02. The Bertz CT molecular complexity index is 1010. The van der Waals surface area contributed by atoms with Gasteiger partial charge in [0, 0.05) is 42.0 Å². The lowest BCUT2D eigenvalue weighted by Crippen LogP contribution is -2.26. The van der Waals surface area contributed by atoms with Gasteiger partial charge in [-0.3, -0.25) is 5.10 Å². The molecule has 1 atom stereocenters. The number of aliphatic hydroxyl groups excluding tert-OH is 1. The third-order valence-corrected chi connectivity index (χ3v) is 4.02. The Hall–Kier alpha value is -3.56. The van der Waals surface area contributed by atoms with Gasteiger partial charge in [0.25, 0.3) is 0 Å². The summed E-state index contributed by atoms with van der Waals surface area (Å²) in [6.45, 7) is -0.138. The maximum atomic E-state index is 9.00. The molecule has 0 aliphatic carbocycles. The average molecular weight is 378 g/mol. The molecule has 1 unspecified atom stereocenters. The van der Waals surface area contributed by atoms with Crippen LogP contribution in [0.15, 0.2) is 59.4 Å². The van der Waals surface area contributed by atoms with Gasteiger partial charge in [0.05, 0.1) is 12.3 Å². The number of aliphatic hydroxyl groups is 1. The van der Waals surface area contributed by atoms with Crippen molar-refractivity contribution in [3.05, 3.63) is 60.7 Å². The fourth-order valence-electron chi connectivity index (χ4n) is 2.55. The average Bonchev–Trinajstić information content (AvgIpc) is 3.41. The molecule has 0 saturated carbocycles. The summed E-state index contributed by atoms with van der Waals surface area (Å²) in [6, 6.07) is 12.4. The van der Waals surface area contributed by atoms with Gasteiger partial charge in [-0.05, 0) is 36.4 Å². The number of hydrogen-bond acceptors (Lipinski definition) is 8. The predicted molar refractivity (Wildman–Crippen MR) is 100 cm³/mol. The number of nitrogens with zero attached hydrogens (tertiary/aromatic N) is 4. The predicted octanol–water partition coefficient (Wildman–Crippen LogP) is 2.18. The Labute approximate surface area is 160 Å². The summed E-state index contributed by atoms with van der Waals surface area (Å²) in [5.41, 5.74) is 8.27. The number of benzene rings is 1. The van der Waals surface area contributed by atoms with E-state index in [1.807, 2.05) is 24.3 Å². The minimum absolute atomic E-state index is 0.138. The summed E-state index contributed by atoms with van der Waals surface area (Å²) in [5.74, 6) is 1.96. The van der Waals surface area contributed by atoms with Gasteiger partial charge >= 0.3 is 0 Å². The van der Waals surface area contributed by atoms with Crippen LogP contribution in [0.1, 0.15) is 5.89 Å². The van der Waals surface area contributed by atoms with Crippen molar-refractivity contribution in [3.63, 3.8) is 0 Å². The number of nitrogens with two attached hydrogens (primary N) is 1. The third kappa shape index (κ3) is 4.05. The van der Waals surface area contributed by atoms with E-state index in [2.05, 4.69) is 25.3 Å². The quantitative estimate of drug-likeness (QED) is 0.445. The molecule has 9 nitrogen and oxygen atoms in total. The molecule has 4 rings (SSSR count). The van der Waals surface area contributed by atoms with Crippen molar-refractivity contribution in [3.8, 4) is 34.3 Å². The highest BCUT2D eigenvalue weighted by Gasteiger charge is 2.12. The molecule has 0 aliphatic rings. The molecule has 4 N–H and O–H groups in total. The molecule has 0 spiro atoms. The van der Waals surface area contributed by atoms with Crippen LogP contribution >= 0.6 is 0 Å². The summed E-state index contributed by atoms with van der Waals surface area (Å²) in [7, 11) is 0. The zero-order valence-corrected chi connectivity index (χ0v) is 14.8. The molecule has 0 aliphatic heterocycles. The lowest BCUT2D eigenvalue weighted by Gasteiger charge is -2.05. The fraction of sp³-hybridized carbons (Fsp3) is 0.158. The van der Waals surface area contributed by atoms with Crippen LogP contribution in [0.2, 0.25) is 0 Å². The van der Waals surface area contributed by atoms with Crippen molar-refractivity contribution in [1.29, 1.82) is 0 Å². The molecule has 9 heteroatoms. The number of nitrogens with one attached hydrogen (secondary N) is 1. The Balaban J connectivity index is 1.42. The molecule has 0 fully saturated rings. The van der Waals surface area contributed by atoms with E-state index in [-0.39, 0.29) is 6.61 Å². The van der Waals surface area contributed by atoms with Crippen molar-refractivity contribution in [2.75, 3.05) is 6.61 Å². The van der Waals surface area contributed by atoms with E-state index >= 15 is 0 Å². The first-order valence-electron chi connectivity index (χ1n) is 8.64. The van der Waals surface area contributed by atoms with E-state index in [9.17, 15) is 0 Å². The monoisotopic (exact) mass is 378 g/mol. The van der Waals surface area contributed by atoms with Gasteiger partial charge in [-0.25, -0.2) is 4.98 Å². The first-order chi connectivity index (χ1) is 13.7. The molecule has 3 heterocycles. The molecular formula is C19H18N6O3. The minimum Gasteiger partial charge on any atom is -0.439 e. The van der Waals surface area contributed by atoms with Crippen molar-refractivity contribution in [2.24, 2.45) is 5.73 Å². The van der Waals surface area contributed by atoms with E-state index < -0.39 is 6.04 Å². The highest BCUT2D eigenvalue weighted by Crippen LogP contribution is 2.25. The molecule has 1 aromatic carbocycles. The Morgan fingerprint density at radius 2 is 1.93 bits per heavy atom. The van der Waals surface area contributed by atoms with Crippen LogP contribution in [0.4, 0.5) is 0 Å². The molecule has 0 saturated heterocycles. The standard InChI is InChI=1S/C19H18N6O3/c20-14(11-26)9-18-23-19(25-28-18)12-1-4-15(5-2-12)27-17-6-3-13(10-21-17)16-7-8-22-24-16/h1-8,10,14,26H,9,11,20H2,(H,22,24). The molecular weight excluding hydrogens is 360 g/mol. The summed E-state index contributed by atoms with van der Waals surface area (Å²) >= 11 is 0. The number of H-pyrrole nitrogens is 1. The Morgan fingerprint density at radius 3 is 2.61 bits per heavy atom. The topological polar surface area (TPSA) is 136 Å². The van der Waals surface area contributed by atoms with E-state index in [1.54, 1.807) is 30.6 Å². The Kier molecular flexibility index (Phi) is 5.09. The molecule has 0 amide bonds. The molecule has 0 bridgehead atoms. The minimum atomic E-state index is -0.420. The number of rotatable bonds is 7. The largest absolute Gasteiger partial charge is 0.439 e. The van der Waals surface area contributed by atoms with Crippen molar-refractivity contribution in [2.45, 2.75) is 12.5 Å². The van der Waals surface area contributed by atoms with Crippen molar-refractivity contribution in [1.82, 2.24) is 25.3 Å². The second-order valence-corrected chi connectivity index (χ2v) is 6.14. The van der Waals surface area contributed by atoms with Crippen LogP contribution in [0.3, 0.4) is 0 Å². The van der Waals surface area contributed by atoms with Crippen LogP contribution in [0.5, 0.6) is 11.6 Å². The molecule has 3 aromatic heterocycles. The number of pyridine rings is 1. The van der Waals surface area contributed by atoms with Gasteiger partial charge in [-0.15, -0.1) is 0 Å². The molecule has 142 valence electrons. The number of ether oxygens (including phenoxy) is 1. The van der Waals surface area contributed by atoms with E-state index in [1.165, 1.54) is 0 Å². The van der Waals surface area contributed by atoms with Crippen LogP contribution < -0.4 is 10.5 Å². The lowest BCUT2D eigenvalue weighted by molar-refractivity contribution is 0.254. The van der Waals surface area contributed by atoms with E-state index in [4.69, 9.17) is 20.1 Å². The fourth-order valence-corrected chi connectivity index (χ4v) is 2.55. The number of aromatic nitrogens is 5. The van der Waals surface area contributed by atoms with Gasteiger partial charge in [-0.1, -0.05) is 5.16 Å². The van der Waals surface area contributed by atoms with Gasteiger partial charge < -0.3 is 20.1 Å². The van der Waals surface area contributed by atoms with Gasteiger partial charge in [0.2, 0.25) is 17.6 Å².